The van der Waals surface area contributed by atoms with Crippen molar-refractivity contribution in [2.24, 2.45) is 0 Å². The maximum absolute atomic E-state index is 13.2. The predicted molar refractivity (Wildman–Crippen MR) is 131 cm³/mol. The Balaban J connectivity index is 1.46. The maximum atomic E-state index is 13.2. The van der Waals surface area contributed by atoms with Gasteiger partial charge in [0.2, 0.25) is 0 Å². The second-order valence-corrected chi connectivity index (χ2v) is 8.69. The van der Waals surface area contributed by atoms with E-state index in [2.05, 4.69) is 15.9 Å². The van der Waals surface area contributed by atoms with Crippen molar-refractivity contribution in [1.29, 1.82) is 0 Å². The first kappa shape index (κ1) is 24.2. The fraction of sp³-hybridized carbons (Fsp3) is 0.296. The standard InChI is InChI=1S/C27H26ClF3N2O/c28-26-19-24(34-16-15-33-13-4-1-5-14-33)17-20-11-12-22(9-6-10-25(20)26)32-23-8-3-2-7-21(18-23)27(29,30)31/h2-3,6-7,9-12,17-19,32H,1,4-5,13-16H2/b9-6?,10-6+,12-11-,20-11?,22-9-,22-12?,25-10?. The number of ether oxygens (including phenoxy) is 1. The molecule has 178 valence electrons. The third-order valence-corrected chi connectivity index (χ3v) is 6.07. The Hall–Kier alpha value is -2.92. The minimum atomic E-state index is -4.44. The van der Waals surface area contributed by atoms with Crippen LogP contribution in [0.2, 0.25) is 5.02 Å². The second-order valence-electron chi connectivity index (χ2n) is 8.28. The molecule has 1 aromatic rings. The molecule has 0 spiro atoms. The topological polar surface area (TPSA) is 24.5 Å². The van der Waals surface area contributed by atoms with Gasteiger partial charge in [-0.15, -0.1) is 0 Å². The molecule has 2 aliphatic carbocycles. The van der Waals surface area contributed by atoms with Gasteiger partial charge in [0.1, 0.15) is 12.4 Å². The summed E-state index contributed by atoms with van der Waals surface area (Å²) in [6.07, 6.45) is 13.3. The third kappa shape index (κ3) is 6.57. The van der Waals surface area contributed by atoms with Gasteiger partial charge in [-0.05, 0) is 74.0 Å². The van der Waals surface area contributed by atoms with E-state index in [-0.39, 0.29) is 5.70 Å². The first-order valence-corrected chi connectivity index (χ1v) is 11.7. The van der Waals surface area contributed by atoms with Crippen molar-refractivity contribution >= 4 is 23.8 Å². The molecule has 1 N–H and O–H groups in total. The average Bonchev–Trinajstić information content (AvgIpc) is 3.03. The number of allylic oxidation sites excluding steroid dienone is 7. The molecule has 0 amide bonds. The van der Waals surface area contributed by atoms with Crippen molar-refractivity contribution < 1.29 is 17.9 Å². The van der Waals surface area contributed by atoms with Gasteiger partial charge in [-0.2, -0.15) is 13.2 Å². The molecular weight excluding hydrogens is 461 g/mol. The van der Waals surface area contributed by atoms with Crippen LogP contribution in [0.1, 0.15) is 30.4 Å². The Kier molecular flexibility index (Phi) is 7.84. The normalized spacial score (nSPS) is 21.7. The number of likely N-dealkylation sites (tertiary alicyclic amines) is 1. The van der Waals surface area contributed by atoms with E-state index in [1.807, 2.05) is 24.3 Å². The Labute approximate surface area is 202 Å². The van der Waals surface area contributed by atoms with Crippen LogP contribution in [0.15, 0.2) is 77.4 Å². The summed E-state index contributed by atoms with van der Waals surface area (Å²) in [7, 11) is 0. The average molecular weight is 487 g/mol. The van der Waals surface area contributed by atoms with Crippen LogP contribution in [-0.4, -0.2) is 37.3 Å². The number of fused-ring (bicyclic) bond motifs is 1. The van der Waals surface area contributed by atoms with E-state index in [4.69, 9.17) is 16.3 Å². The quantitative estimate of drug-likeness (QED) is 0.447. The largest absolute Gasteiger partial charge is 0.492 e. The molecule has 4 rings (SSSR count). The molecule has 1 aromatic carbocycles. The molecule has 0 aromatic heterocycles. The van der Waals surface area contributed by atoms with Gasteiger partial charge in [0.05, 0.1) is 16.3 Å². The summed E-state index contributed by atoms with van der Waals surface area (Å²) in [6, 6.07) is 3.74. The van der Waals surface area contributed by atoms with Crippen LogP contribution in [0.3, 0.4) is 0 Å². The first-order chi connectivity index (χ1) is 16.4. The predicted octanol–water partition coefficient (Wildman–Crippen LogP) is 6.82. The maximum Gasteiger partial charge on any atom is 0.416 e. The highest BCUT2D eigenvalue weighted by atomic mass is 35.5. The second kappa shape index (κ2) is 11.0. The number of nitrogens with zero attached hydrogens (tertiary/aromatic N) is 1. The molecule has 1 fully saturated rings. The summed E-state index contributed by atoms with van der Waals surface area (Å²) in [6.45, 7) is 3.70. The van der Waals surface area contributed by atoms with Crippen LogP contribution in [0.25, 0.3) is 12.2 Å². The van der Waals surface area contributed by atoms with Crippen LogP contribution < -0.4 is 10.1 Å². The lowest BCUT2D eigenvalue weighted by Gasteiger charge is -2.26. The molecule has 0 atom stereocenters. The summed E-state index contributed by atoms with van der Waals surface area (Å²) < 4.78 is 45.5. The van der Waals surface area contributed by atoms with E-state index in [1.54, 1.807) is 18.2 Å². The zero-order valence-electron chi connectivity index (χ0n) is 18.7. The number of halogens is 4. The molecule has 0 radical (unpaired) electrons. The Morgan fingerprint density at radius 1 is 1.03 bits per heavy atom. The molecule has 0 unspecified atom stereocenters. The number of piperidine rings is 1. The zero-order valence-corrected chi connectivity index (χ0v) is 19.4. The molecule has 1 aliphatic heterocycles. The van der Waals surface area contributed by atoms with E-state index < -0.39 is 11.7 Å². The van der Waals surface area contributed by atoms with Crippen LogP contribution in [-0.2, 0) is 0 Å². The van der Waals surface area contributed by atoms with Crippen molar-refractivity contribution in [3.8, 4) is 5.75 Å². The minimum absolute atomic E-state index is 0.218. The summed E-state index contributed by atoms with van der Waals surface area (Å²) in [5.74, 6) is 0.691. The van der Waals surface area contributed by atoms with E-state index in [0.717, 1.165) is 42.9 Å². The highest BCUT2D eigenvalue weighted by Gasteiger charge is 2.32. The van der Waals surface area contributed by atoms with Gasteiger partial charge in [-0.25, -0.2) is 0 Å². The van der Waals surface area contributed by atoms with Gasteiger partial charge < -0.3 is 10.1 Å². The number of hydrogen-bond donors (Lipinski definition) is 1. The van der Waals surface area contributed by atoms with E-state index in [9.17, 15) is 13.2 Å². The minimum Gasteiger partial charge on any atom is -0.492 e. The fourth-order valence-corrected chi connectivity index (χ4v) is 4.27. The van der Waals surface area contributed by atoms with Crippen molar-refractivity contribution in [1.82, 2.24) is 10.2 Å². The lowest BCUT2D eigenvalue weighted by atomic mass is 10.0. The van der Waals surface area contributed by atoms with Crippen LogP contribution in [0, 0.1) is 0 Å². The van der Waals surface area contributed by atoms with Gasteiger partial charge in [0.25, 0.3) is 0 Å². The Bertz CT molecular complexity index is 1130. The van der Waals surface area contributed by atoms with Crippen molar-refractivity contribution in [3.05, 3.63) is 93.5 Å². The fourth-order valence-electron chi connectivity index (χ4n) is 3.99. The van der Waals surface area contributed by atoms with E-state index >= 15 is 0 Å². The van der Waals surface area contributed by atoms with Gasteiger partial charge in [0, 0.05) is 17.8 Å². The van der Waals surface area contributed by atoms with Crippen molar-refractivity contribution in [2.75, 3.05) is 26.2 Å². The van der Waals surface area contributed by atoms with Gasteiger partial charge in [0.15, 0.2) is 0 Å². The van der Waals surface area contributed by atoms with Gasteiger partial charge in [-0.1, -0.05) is 48.1 Å². The number of rotatable bonds is 6. The molecule has 1 saturated heterocycles. The number of hydrogen-bond acceptors (Lipinski definition) is 3. The van der Waals surface area contributed by atoms with E-state index in [0.29, 0.717) is 23.1 Å². The van der Waals surface area contributed by atoms with E-state index in [1.165, 1.54) is 31.4 Å². The highest BCUT2D eigenvalue weighted by Crippen LogP contribution is 2.31. The Morgan fingerprint density at radius 3 is 2.65 bits per heavy atom. The first-order valence-electron chi connectivity index (χ1n) is 11.3. The van der Waals surface area contributed by atoms with Crippen LogP contribution in [0.5, 0.6) is 5.75 Å². The summed E-state index contributed by atoms with van der Waals surface area (Å²) >= 11 is 6.52. The third-order valence-electron chi connectivity index (χ3n) is 5.76. The van der Waals surface area contributed by atoms with Crippen molar-refractivity contribution in [3.63, 3.8) is 0 Å². The monoisotopic (exact) mass is 486 g/mol. The van der Waals surface area contributed by atoms with Crippen molar-refractivity contribution in [2.45, 2.75) is 25.4 Å². The molecule has 0 bridgehead atoms. The molecule has 3 aliphatic rings. The molecule has 34 heavy (non-hydrogen) atoms. The molecule has 3 nitrogen and oxygen atoms in total. The summed E-state index contributed by atoms with van der Waals surface area (Å²) in [4.78, 5) is 2.41. The summed E-state index contributed by atoms with van der Waals surface area (Å²) in [5, 5.41) is 3.59. The van der Waals surface area contributed by atoms with Gasteiger partial charge in [-0.3, -0.25) is 4.90 Å². The Morgan fingerprint density at radius 2 is 1.85 bits per heavy atom. The smallest absolute Gasteiger partial charge is 0.416 e. The zero-order chi connectivity index (χ0) is 24.0. The lowest BCUT2D eigenvalue weighted by molar-refractivity contribution is -0.0882. The number of benzene rings is 1. The van der Waals surface area contributed by atoms with Crippen LogP contribution in [0.4, 0.5) is 13.2 Å². The van der Waals surface area contributed by atoms with Gasteiger partial charge >= 0.3 is 6.18 Å². The molecule has 7 heteroatoms. The molecule has 1 heterocycles. The van der Waals surface area contributed by atoms with Crippen LogP contribution >= 0.6 is 11.6 Å². The summed E-state index contributed by atoms with van der Waals surface area (Å²) in [5.41, 5.74) is 4.64. The molecule has 0 saturated carbocycles. The number of alkyl halides is 3. The SMILES string of the molecule is FC(F)(F)C1=CC(NC2=C\C=C\c3c(Cl)cc(OCCN4CCCCC4)cc3/C=C\2)=C=CC=C1. The lowest BCUT2D eigenvalue weighted by Crippen LogP contribution is -2.33. The molecular formula is C27H26ClF3N2O. The highest BCUT2D eigenvalue weighted by molar-refractivity contribution is 6.32. The number of nitrogens with one attached hydrogen (secondary N) is 1.